The van der Waals surface area contributed by atoms with Gasteiger partial charge in [0, 0.05) is 33.3 Å². The van der Waals surface area contributed by atoms with Crippen LogP contribution >= 0.6 is 0 Å². The van der Waals surface area contributed by atoms with Crippen molar-refractivity contribution in [2.45, 2.75) is 0 Å². The van der Waals surface area contributed by atoms with E-state index in [9.17, 15) is 0 Å². The highest BCUT2D eigenvalue weighted by molar-refractivity contribution is 6.10. The summed E-state index contributed by atoms with van der Waals surface area (Å²) >= 11 is 0. The van der Waals surface area contributed by atoms with Crippen LogP contribution in [0.3, 0.4) is 0 Å². The minimum atomic E-state index is 0.722. The van der Waals surface area contributed by atoms with E-state index in [1.807, 2.05) is 42.5 Å². The number of hydrogen-bond donors (Lipinski definition) is 1. The van der Waals surface area contributed by atoms with Crippen LogP contribution in [0.15, 0.2) is 176 Å². The lowest BCUT2D eigenvalue weighted by Gasteiger charge is -2.17. The van der Waals surface area contributed by atoms with E-state index in [1.54, 1.807) is 0 Å². The zero-order valence-corrected chi connectivity index (χ0v) is 26.1. The molecule has 0 atom stereocenters. The lowest BCUT2D eigenvalue weighted by atomic mass is 9.96. The van der Waals surface area contributed by atoms with E-state index < -0.39 is 0 Å². The lowest BCUT2D eigenvalue weighted by molar-refractivity contribution is 1.18. The van der Waals surface area contributed by atoms with Gasteiger partial charge in [-0.3, -0.25) is 0 Å². The van der Waals surface area contributed by atoms with Crippen molar-refractivity contribution in [3.05, 3.63) is 176 Å². The quantitative estimate of drug-likeness (QED) is 0.203. The van der Waals surface area contributed by atoms with Crippen LogP contribution in [0.2, 0.25) is 0 Å². The van der Waals surface area contributed by atoms with Gasteiger partial charge in [-0.2, -0.15) is 0 Å². The molecule has 0 spiro atoms. The molecule has 1 N–H and O–H groups in total. The number of aromatic nitrogens is 3. The zero-order chi connectivity index (χ0) is 31.9. The van der Waals surface area contributed by atoms with E-state index in [0.29, 0.717) is 0 Å². The summed E-state index contributed by atoms with van der Waals surface area (Å²) in [6.45, 7) is 0. The summed E-state index contributed by atoms with van der Waals surface area (Å²) < 4.78 is 2.35. The van der Waals surface area contributed by atoms with Crippen molar-refractivity contribution in [2.75, 3.05) is 5.32 Å². The van der Waals surface area contributed by atoms with E-state index in [4.69, 9.17) is 9.97 Å². The van der Waals surface area contributed by atoms with Crippen LogP contribution in [0.25, 0.3) is 72.0 Å². The number of para-hydroxylation sites is 4. The van der Waals surface area contributed by atoms with Crippen LogP contribution in [0.5, 0.6) is 0 Å². The summed E-state index contributed by atoms with van der Waals surface area (Å²) in [6.07, 6.45) is 0. The molecule has 0 radical (unpaired) electrons. The van der Waals surface area contributed by atoms with Gasteiger partial charge >= 0.3 is 0 Å². The number of rotatable bonds is 6. The zero-order valence-electron chi connectivity index (χ0n) is 26.1. The van der Waals surface area contributed by atoms with Crippen LogP contribution in [0, 0.1) is 0 Å². The van der Waals surface area contributed by atoms with Gasteiger partial charge in [-0.05, 0) is 71.3 Å². The molecule has 4 nitrogen and oxygen atoms in total. The molecule has 0 unspecified atom stereocenters. The van der Waals surface area contributed by atoms with E-state index in [-0.39, 0.29) is 0 Å². The SMILES string of the molecule is c1ccc(-c2cc(-c3ccc4c(c3)c3ccccc3n4-c3ccccc3)ccc2Nc2nc3ccccc3nc2-c2ccccc2)cc1. The first kappa shape index (κ1) is 27.8. The molecule has 0 aliphatic heterocycles. The van der Waals surface area contributed by atoms with Crippen molar-refractivity contribution < 1.29 is 0 Å². The monoisotopic (exact) mass is 614 g/mol. The summed E-state index contributed by atoms with van der Waals surface area (Å²) in [6, 6.07) is 61.5. The van der Waals surface area contributed by atoms with Crippen molar-refractivity contribution in [3.8, 4) is 39.2 Å². The Bertz CT molecular complexity index is 2570. The molecule has 0 saturated heterocycles. The second-order valence-electron chi connectivity index (χ2n) is 11.9. The number of nitrogens with one attached hydrogen (secondary N) is 1. The number of anilines is 2. The average Bonchev–Trinajstić information content (AvgIpc) is 3.49. The standard InChI is InChI=1S/C44H30N4/c1-4-14-30(15-5-1)36-28-32(33-25-27-42-37(29-33)35-20-10-13-23-41(35)48(42)34-18-8-3-9-19-34)24-26-38(36)46-44-43(31-16-6-2-7-17-31)45-39-21-11-12-22-40(39)47-44/h1-29H,(H,46,47). The molecule has 0 aliphatic carbocycles. The first-order valence-corrected chi connectivity index (χ1v) is 16.2. The van der Waals surface area contributed by atoms with Crippen LogP contribution in [-0.2, 0) is 0 Å². The van der Waals surface area contributed by atoms with Crippen molar-refractivity contribution >= 4 is 44.3 Å². The number of fused-ring (bicyclic) bond motifs is 4. The fourth-order valence-corrected chi connectivity index (χ4v) is 6.71. The second-order valence-corrected chi connectivity index (χ2v) is 11.9. The predicted molar refractivity (Wildman–Crippen MR) is 200 cm³/mol. The van der Waals surface area contributed by atoms with Crippen molar-refractivity contribution in [3.63, 3.8) is 0 Å². The third-order valence-corrected chi connectivity index (χ3v) is 9.00. The molecular weight excluding hydrogens is 585 g/mol. The summed E-state index contributed by atoms with van der Waals surface area (Å²) in [4.78, 5) is 10.1. The molecular formula is C44H30N4. The summed E-state index contributed by atoms with van der Waals surface area (Å²) in [5.41, 5.74) is 12.6. The lowest BCUT2D eigenvalue weighted by Crippen LogP contribution is -2.01. The molecule has 0 amide bonds. The number of hydrogen-bond acceptors (Lipinski definition) is 3. The van der Waals surface area contributed by atoms with Gasteiger partial charge in [0.15, 0.2) is 5.82 Å². The minimum absolute atomic E-state index is 0.722. The molecule has 48 heavy (non-hydrogen) atoms. The third-order valence-electron chi connectivity index (χ3n) is 9.00. The molecule has 2 aromatic heterocycles. The molecule has 4 heteroatoms. The molecule has 0 fully saturated rings. The molecule has 2 heterocycles. The smallest absolute Gasteiger partial charge is 0.157 e. The minimum Gasteiger partial charge on any atom is -0.338 e. The Balaban J connectivity index is 1.19. The Hall–Kier alpha value is -6.52. The molecule has 7 aromatic carbocycles. The van der Waals surface area contributed by atoms with Crippen molar-refractivity contribution in [2.24, 2.45) is 0 Å². The Morgan fingerprint density at radius 3 is 1.77 bits per heavy atom. The van der Waals surface area contributed by atoms with Crippen molar-refractivity contribution in [1.82, 2.24) is 14.5 Å². The van der Waals surface area contributed by atoms with Gasteiger partial charge in [0.2, 0.25) is 0 Å². The predicted octanol–water partition coefficient (Wildman–Crippen LogP) is 11.5. The Kier molecular flexibility index (Phi) is 6.76. The molecule has 226 valence electrons. The van der Waals surface area contributed by atoms with Crippen LogP contribution in [0.1, 0.15) is 0 Å². The molecule has 9 aromatic rings. The summed E-state index contributed by atoms with van der Waals surface area (Å²) in [7, 11) is 0. The van der Waals surface area contributed by atoms with E-state index >= 15 is 0 Å². The number of nitrogens with zero attached hydrogens (tertiary/aromatic N) is 3. The highest BCUT2D eigenvalue weighted by Gasteiger charge is 2.17. The van der Waals surface area contributed by atoms with Crippen LogP contribution in [0.4, 0.5) is 11.5 Å². The van der Waals surface area contributed by atoms with Gasteiger partial charge in [0.25, 0.3) is 0 Å². The maximum Gasteiger partial charge on any atom is 0.157 e. The van der Waals surface area contributed by atoms with E-state index in [0.717, 1.165) is 61.7 Å². The first-order chi connectivity index (χ1) is 23.8. The van der Waals surface area contributed by atoms with Gasteiger partial charge in [-0.1, -0.05) is 121 Å². The molecule has 0 saturated carbocycles. The fourth-order valence-electron chi connectivity index (χ4n) is 6.71. The second kappa shape index (κ2) is 11.7. The summed E-state index contributed by atoms with van der Waals surface area (Å²) in [5, 5.41) is 6.18. The topological polar surface area (TPSA) is 42.7 Å². The Morgan fingerprint density at radius 2 is 1.00 bits per heavy atom. The van der Waals surface area contributed by atoms with Gasteiger partial charge in [-0.25, -0.2) is 9.97 Å². The Labute approximate surface area is 278 Å². The van der Waals surface area contributed by atoms with Gasteiger partial charge < -0.3 is 9.88 Å². The maximum absolute atomic E-state index is 5.08. The molecule has 9 rings (SSSR count). The van der Waals surface area contributed by atoms with Crippen LogP contribution in [-0.4, -0.2) is 14.5 Å². The van der Waals surface area contributed by atoms with Crippen molar-refractivity contribution in [1.29, 1.82) is 0 Å². The van der Waals surface area contributed by atoms with Crippen LogP contribution < -0.4 is 5.32 Å². The first-order valence-electron chi connectivity index (χ1n) is 16.2. The average molecular weight is 615 g/mol. The summed E-state index contributed by atoms with van der Waals surface area (Å²) in [5.74, 6) is 0.722. The fraction of sp³-hybridized carbons (Fsp3) is 0. The third kappa shape index (κ3) is 4.88. The van der Waals surface area contributed by atoms with Gasteiger partial charge in [-0.15, -0.1) is 0 Å². The maximum atomic E-state index is 5.08. The molecule has 0 aliphatic rings. The molecule has 0 bridgehead atoms. The van der Waals surface area contributed by atoms with E-state index in [2.05, 4.69) is 143 Å². The highest BCUT2D eigenvalue weighted by Crippen LogP contribution is 2.39. The Morgan fingerprint density at radius 1 is 0.417 bits per heavy atom. The normalized spacial score (nSPS) is 11.3. The number of benzene rings is 7. The van der Waals surface area contributed by atoms with E-state index in [1.165, 1.54) is 21.8 Å². The highest BCUT2D eigenvalue weighted by atomic mass is 15.0. The van der Waals surface area contributed by atoms with Gasteiger partial charge in [0.1, 0.15) is 5.69 Å². The largest absolute Gasteiger partial charge is 0.338 e. The van der Waals surface area contributed by atoms with Gasteiger partial charge in [0.05, 0.1) is 22.1 Å².